The predicted molar refractivity (Wildman–Crippen MR) is 70.9 cm³/mol. The molecule has 0 amide bonds. The number of hydrogen-bond donors (Lipinski definition) is 2. The number of halogens is 3. The fraction of sp³-hybridized carbons (Fsp3) is 0.0833. The number of nitrogen functional groups attached to an aromatic ring is 1. The zero-order valence-corrected chi connectivity index (χ0v) is 11.2. The van der Waals surface area contributed by atoms with Gasteiger partial charge in [-0.15, -0.1) is 0 Å². The van der Waals surface area contributed by atoms with Crippen LogP contribution < -0.4 is 10.5 Å². The Bertz CT molecular complexity index is 746. The first kappa shape index (κ1) is 15.1. The number of rotatable bonds is 3. The van der Waals surface area contributed by atoms with Crippen molar-refractivity contribution in [3.05, 3.63) is 48.3 Å². The smallest absolute Gasteiger partial charge is 0.397 e. The van der Waals surface area contributed by atoms with Gasteiger partial charge in [-0.3, -0.25) is 9.71 Å². The number of pyridine rings is 1. The number of nitrogens with one attached hydrogen (secondary N) is 1. The topological polar surface area (TPSA) is 85.1 Å². The third-order valence-corrected chi connectivity index (χ3v) is 3.92. The summed E-state index contributed by atoms with van der Waals surface area (Å²) in [6.07, 6.45) is -2.04. The van der Waals surface area contributed by atoms with Gasteiger partial charge in [0.2, 0.25) is 0 Å². The molecule has 0 saturated carbocycles. The highest BCUT2D eigenvalue weighted by Crippen LogP contribution is 2.33. The highest BCUT2D eigenvalue weighted by molar-refractivity contribution is 7.92. The molecule has 1 heterocycles. The summed E-state index contributed by atoms with van der Waals surface area (Å²) in [4.78, 5) is 3.54. The van der Waals surface area contributed by atoms with Crippen LogP contribution in [-0.4, -0.2) is 13.4 Å². The normalized spacial score (nSPS) is 12.1. The van der Waals surface area contributed by atoms with Crippen LogP contribution in [0.1, 0.15) is 5.56 Å². The van der Waals surface area contributed by atoms with Gasteiger partial charge in [0.25, 0.3) is 10.0 Å². The molecular formula is C12H10F3N3O2S. The van der Waals surface area contributed by atoms with Gasteiger partial charge < -0.3 is 5.73 Å². The lowest BCUT2D eigenvalue weighted by atomic mass is 10.2. The minimum Gasteiger partial charge on any atom is -0.397 e. The zero-order chi connectivity index (χ0) is 15.7. The Morgan fingerprint density at radius 3 is 2.43 bits per heavy atom. The lowest BCUT2D eigenvalue weighted by Gasteiger charge is -2.12. The van der Waals surface area contributed by atoms with Gasteiger partial charge in [0.15, 0.2) is 0 Å². The first-order valence-electron chi connectivity index (χ1n) is 5.60. The maximum atomic E-state index is 12.5. The van der Waals surface area contributed by atoms with Crippen molar-refractivity contribution in [2.45, 2.75) is 11.1 Å². The summed E-state index contributed by atoms with van der Waals surface area (Å²) in [6, 6.07) is 5.10. The molecule has 9 heteroatoms. The van der Waals surface area contributed by atoms with E-state index in [9.17, 15) is 21.6 Å². The first-order chi connectivity index (χ1) is 9.70. The van der Waals surface area contributed by atoms with Gasteiger partial charge >= 0.3 is 6.18 Å². The summed E-state index contributed by atoms with van der Waals surface area (Å²) in [6.45, 7) is 0. The fourth-order valence-corrected chi connectivity index (χ4v) is 2.59. The quantitative estimate of drug-likeness (QED) is 0.852. The van der Waals surface area contributed by atoms with Crippen LogP contribution in [0.25, 0.3) is 0 Å². The molecule has 0 atom stereocenters. The van der Waals surface area contributed by atoms with Gasteiger partial charge in [-0.25, -0.2) is 8.42 Å². The largest absolute Gasteiger partial charge is 0.416 e. The summed E-state index contributed by atoms with van der Waals surface area (Å²) < 4.78 is 63.6. The van der Waals surface area contributed by atoms with Crippen LogP contribution in [0.15, 0.2) is 47.6 Å². The van der Waals surface area contributed by atoms with Crippen LogP contribution in [-0.2, 0) is 16.2 Å². The monoisotopic (exact) mass is 317 g/mol. The van der Waals surface area contributed by atoms with E-state index >= 15 is 0 Å². The van der Waals surface area contributed by atoms with E-state index in [0.717, 1.165) is 18.3 Å². The van der Waals surface area contributed by atoms with Crippen LogP contribution in [0.5, 0.6) is 0 Å². The van der Waals surface area contributed by atoms with Crippen molar-refractivity contribution < 1.29 is 21.6 Å². The lowest BCUT2D eigenvalue weighted by Crippen LogP contribution is -2.15. The van der Waals surface area contributed by atoms with Crippen LogP contribution in [0.3, 0.4) is 0 Å². The minimum atomic E-state index is -4.55. The molecule has 1 aromatic heterocycles. The Hall–Kier alpha value is -2.29. The number of nitrogens with zero attached hydrogens (tertiary/aromatic N) is 1. The van der Waals surface area contributed by atoms with Crippen molar-refractivity contribution >= 4 is 21.4 Å². The maximum Gasteiger partial charge on any atom is 0.416 e. The molecule has 0 aliphatic carbocycles. The van der Waals surface area contributed by atoms with E-state index in [2.05, 4.69) is 9.71 Å². The molecule has 0 bridgehead atoms. The number of anilines is 2. The summed E-state index contributed by atoms with van der Waals surface area (Å²) in [7, 11) is -3.96. The van der Waals surface area contributed by atoms with Crippen molar-refractivity contribution in [2.24, 2.45) is 0 Å². The van der Waals surface area contributed by atoms with Crippen molar-refractivity contribution in [3.8, 4) is 0 Å². The average Bonchev–Trinajstić information content (AvgIpc) is 2.41. The summed E-state index contributed by atoms with van der Waals surface area (Å²) in [5.41, 5.74) is 4.05. The van der Waals surface area contributed by atoms with Gasteiger partial charge in [-0.2, -0.15) is 13.2 Å². The zero-order valence-electron chi connectivity index (χ0n) is 10.4. The molecule has 112 valence electrons. The molecule has 0 saturated heterocycles. The molecule has 2 rings (SSSR count). The average molecular weight is 317 g/mol. The standard InChI is InChI=1S/C12H10F3N3O2S/c13-12(14,15)8-3-4-11(10(16)6-8)18-21(19,20)9-2-1-5-17-7-9/h1-7,18H,16H2. The molecule has 2 aromatic rings. The number of aromatic nitrogens is 1. The van der Waals surface area contributed by atoms with Gasteiger partial charge in [-0.05, 0) is 30.3 Å². The molecule has 3 N–H and O–H groups in total. The van der Waals surface area contributed by atoms with E-state index in [1.807, 2.05) is 0 Å². The van der Waals surface area contributed by atoms with Gasteiger partial charge in [0.1, 0.15) is 4.90 Å². The van der Waals surface area contributed by atoms with Crippen LogP contribution in [0.2, 0.25) is 0 Å². The molecule has 0 unspecified atom stereocenters. The Morgan fingerprint density at radius 2 is 1.90 bits per heavy atom. The van der Waals surface area contributed by atoms with Crippen LogP contribution in [0.4, 0.5) is 24.5 Å². The molecule has 0 spiro atoms. The second-order valence-electron chi connectivity index (χ2n) is 4.09. The molecular weight excluding hydrogens is 307 g/mol. The van der Waals surface area contributed by atoms with E-state index in [1.165, 1.54) is 18.3 Å². The summed E-state index contributed by atoms with van der Waals surface area (Å²) in [5, 5.41) is 0. The molecule has 21 heavy (non-hydrogen) atoms. The van der Waals surface area contributed by atoms with Crippen molar-refractivity contribution in [1.29, 1.82) is 0 Å². The highest BCUT2D eigenvalue weighted by atomic mass is 32.2. The van der Waals surface area contributed by atoms with Crippen molar-refractivity contribution in [1.82, 2.24) is 4.98 Å². The van der Waals surface area contributed by atoms with E-state index < -0.39 is 21.8 Å². The molecule has 0 fully saturated rings. The number of nitrogens with two attached hydrogens (primary N) is 1. The minimum absolute atomic E-state index is 0.121. The Morgan fingerprint density at radius 1 is 1.19 bits per heavy atom. The second-order valence-corrected chi connectivity index (χ2v) is 5.78. The van der Waals surface area contributed by atoms with Gasteiger partial charge in [0.05, 0.1) is 16.9 Å². The Labute approximate surface area is 118 Å². The van der Waals surface area contributed by atoms with E-state index in [-0.39, 0.29) is 16.3 Å². The van der Waals surface area contributed by atoms with Crippen molar-refractivity contribution in [2.75, 3.05) is 10.5 Å². The second kappa shape index (κ2) is 5.24. The highest BCUT2D eigenvalue weighted by Gasteiger charge is 2.31. The molecule has 1 aromatic carbocycles. The van der Waals surface area contributed by atoms with E-state index in [1.54, 1.807) is 0 Å². The molecule has 5 nitrogen and oxygen atoms in total. The van der Waals surface area contributed by atoms with Gasteiger partial charge in [-0.1, -0.05) is 0 Å². The number of hydrogen-bond acceptors (Lipinski definition) is 4. The van der Waals surface area contributed by atoms with Crippen LogP contribution in [0, 0.1) is 0 Å². The number of benzene rings is 1. The molecule has 0 aliphatic heterocycles. The maximum absolute atomic E-state index is 12.5. The fourth-order valence-electron chi connectivity index (χ4n) is 1.54. The van der Waals surface area contributed by atoms with Crippen molar-refractivity contribution in [3.63, 3.8) is 0 Å². The summed E-state index contributed by atoms with van der Waals surface area (Å²) in [5.74, 6) is 0. The van der Waals surface area contributed by atoms with Gasteiger partial charge in [0, 0.05) is 12.4 Å². The van der Waals surface area contributed by atoms with E-state index in [4.69, 9.17) is 5.73 Å². The molecule has 0 aliphatic rings. The SMILES string of the molecule is Nc1cc(C(F)(F)F)ccc1NS(=O)(=O)c1cccnc1. The van der Waals surface area contributed by atoms with Crippen LogP contribution >= 0.6 is 0 Å². The first-order valence-corrected chi connectivity index (χ1v) is 7.08. The third kappa shape index (κ3) is 3.43. The summed E-state index contributed by atoms with van der Waals surface area (Å²) >= 11 is 0. The molecule has 0 radical (unpaired) electrons. The Balaban J connectivity index is 2.33. The number of sulfonamides is 1. The Kier molecular flexibility index (Phi) is 3.77. The lowest BCUT2D eigenvalue weighted by molar-refractivity contribution is -0.137. The number of alkyl halides is 3. The third-order valence-electron chi connectivity index (χ3n) is 2.57. The predicted octanol–water partition coefficient (Wildman–Crippen LogP) is 2.48. The van der Waals surface area contributed by atoms with E-state index in [0.29, 0.717) is 6.07 Å².